The predicted octanol–water partition coefficient (Wildman–Crippen LogP) is 3.07. The zero-order valence-electron chi connectivity index (χ0n) is 12.4. The van der Waals surface area contributed by atoms with E-state index in [0.29, 0.717) is 5.92 Å². The summed E-state index contributed by atoms with van der Waals surface area (Å²) in [4.78, 5) is 11.6. The van der Waals surface area contributed by atoms with Crippen LogP contribution < -0.4 is 4.90 Å². The number of rotatable bonds is 4. The maximum Gasteiger partial charge on any atom is 0.128 e. The Morgan fingerprint density at radius 1 is 1.10 bits per heavy atom. The van der Waals surface area contributed by atoms with E-state index in [1.54, 1.807) is 0 Å². The van der Waals surface area contributed by atoms with Crippen LogP contribution in [0.25, 0.3) is 0 Å². The molecular formula is C17H22N4. The average Bonchev–Trinajstić information content (AvgIpc) is 3.24. The SMILES string of the molecule is c1ccc(N2CCC[C@@H](c3nccn3CC3CC3)C2)nc1. The third-order valence-electron chi connectivity index (χ3n) is 4.66. The fourth-order valence-electron chi connectivity index (χ4n) is 3.35. The second kappa shape index (κ2) is 5.51. The van der Waals surface area contributed by atoms with Crippen molar-refractivity contribution < 1.29 is 0 Å². The Morgan fingerprint density at radius 3 is 2.86 bits per heavy atom. The Hall–Kier alpha value is -1.84. The maximum absolute atomic E-state index is 4.66. The minimum absolute atomic E-state index is 0.537. The van der Waals surface area contributed by atoms with Gasteiger partial charge in [0.2, 0.25) is 0 Å². The highest BCUT2D eigenvalue weighted by Crippen LogP contribution is 2.33. The lowest BCUT2D eigenvalue weighted by atomic mass is 9.97. The van der Waals surface area contributed by atoms with Crippen LogP contribution in [0.4, 0.5) is 5.82 Å². The fourth-order valence-corrected chi connectivity index (χ4v) is 3.35. The van der Waals surface area contributed by atoms with Crippen molar-refractivity contribution in [2.24, 2.45) is 5.92 Å². The number of imidazole rings is 1. The second-order valence-electron chi connectivity index (χ2n) is 6.35. The van der Waals surface area contributed by atoms with Gasteiger partial charge in [-0.1, -0.05) is 6.07 Å². The summed E-state index contributed by atoms with van der Waals surface area (Å²) in [6.45, 7) is 3.31. The minimum Gasteiger partial charge on any atom is -0.356 e. The summed E-state index contributed by atoms with van der Waals surface area (Å²) < 4.78 is 2.39. The molecule has 4 rings (SSSR count). The zero-order valence-corrected chi connectivity index (χ0v) is 12.4. The summed E-state index contributed by atoms with van der Waals surface area (Å²) in [6, 6.07) is 6.16. The van der Waals surface area contributed by atoms with Gasteiger partial charge in [0.15, 0.2) is 0 Å². The van der Waals surface area contributed by atoms with Gasteiger partial charge in [-0.3, -0.25) is 0 Å². The number of hydrogen-bond acceptors (Lipinski definition) is 3. The summed E-state index contributed by atoms with van der Waals surface area (Å²) in [6.07, 6.45) is 11.3. The van der Waals surface area contributed by atoms with E-state index < -0.39 is 0 Å². The molecule has 1 saturated heterocycles. The zero-order chi connectivity index (χ0) is 14.1. The monoisotopic (exact) mass is 282 g/mol. The van der Waals surface area contributed by atoms with Crippen molar-refractivity contribution in [3.63, 3.8) is 0 Å². The molecule has 2 aromatic heterocycles. The largest absolute Gasteiger partial charge is 0.356 e. The van der Waals surface area contributed by atoms with Crippen molar-refractivity contribution >= 4 is 5.82 Å². The molecule has 110 valence electrons. The molecular weight excluding hydrogens is 260 g/mol. The van der Waals surface area contributed by atoms with Crippen molar-refractivity contribution in [3.05, 3.63) is 42.6 Å². The van der Waals surface area contributed by atoms with Gasteiger partial charge < -0.3 is 9.47 Å². The molecule has 3 heterocycles. The molecule has 2 aromatic rings. The first-order valence-corrected chi connectivity index (χ1v) is 8.07. The Kier molecular flexibility index (Phi) is 3.37. The standard InChI is InChI=1S/C17H22N4/c1-2-8-18-16(5-1)20-10-3-4-15(13-20)17-19-9-11-21(17)12-14-6-7-14/h1-2,5,8-9,11,14-15H,3-4,6-7,10,12-13H2/t15-/m1/s1. The lowest BCUT2D eigenvalue weighted by molar-refractivity contribution is 0.462. The summed E-state index contributed by atoms with van der Waals surface area (Å²) in [5.41, 5.74) is 0. The molecule has 0 unspecified atom stereocenters. The van der Waals surface area contributed by atoms with Gasteiger partial charge >= 0.3 is 0 Å². The average molecular weight is 282 g/mol. The molecule has 0 bridgehead atoms. The van der Waals surface area contributed by atoms with Crippen molar-refractivity contribution in [1.82, 2.24) is 14.5 Å². The lowest BCUT2D eigenvalue weighted by Gasteiger charge is -2.33. The first-order chi connectivity index (χ1) is 10.4. The molecule has 0 N–H and O–H groups in total. The normalized spacial score (nSPS) is 22.5. The number of aromatic nitrogens is 3. The van der Waals surface area contributed by atoms with E-state index in [0.717, 1.165) is 31.4 Å². The molecule has 0 amide bonds. The Morgan fingerprint density at radius 2 is 2.05 bits per heavy atom. The van der Waals surface area contributed by atoms with Gasteiger partial charge in [-0.05, 0) is 43.7 Å². The molecule has 1 saturated carbocycles. The first-order valence-electron chi connectivity index (χ1n) is 8.07. The van der Waals surface area contributed by atoms with Gasteiger partial charge in [0.25, 0.3) is 0 Å². The van der Waals surface area contributed by atoms with E-state index in [2.05, 4.69) is 37.8 Å². The summed E-state index contributed by atoms with van der Waals surface area (Å²) in [7, 11) is 0. The molecule has 2 aliphatic rings. The van der Waals surface area contributed by atoms with Crippen LogP contribution in [0.2, 0.25) is 0 Å². The molecule has 21 heavy (non-hydrogen) atoms. The molecule has 0 radical (unpaired) electrons. The molecule has 0 spiro atoms. The first kappa shape index (κ1) is 12.9. The van der Waals surface area contributed by atoms with Gasteiger partial charge in [0, 0.05) is 44.1 Å². The third-order valence-corrected chi connectivity index (χ3v) is 4.66. The highest BCUT2D eigenvalue weighted by molar-refractivity contribution is 5.39. The van der Waals surface area contributed by atoms with Crippen molar-refractivity contribution in [2.45, 2.75) is 38.1 Å². The quantitative estimate of drug-likeness (QED) is 0.864. The minimum atomic E-state index is 0.537. The molecule has 2 fully saturated rings. The highest BCUT2D eigenvalue weighted by atomic mass is 15.2. The third kappa shape index (κ3) is 2.80. The molecule has 0 aromatic carbocycles. The summed E-state index contributed by atoms with van der Waals surface area (Å²) in [5, 5.41) is 0. The molecule has 1 aliphatic carbocycles. The summed E-state index contributed by atoms with van der Waals surface area (Å²) in [5.74, 6) is 3.81. The van der Waals surface area contributed by atoms with Gasteiger partial charge in [0.05, 0.1) is 0 Å². The highest BCUT2D eigenvalue weighted by Gasteiger charge is 2.28. The van der Waals surface area contributed by atoms with E-state index in [-0.39, 0.29) is 0 Å². The van der Waals surface area contributed by atoms with Crippen LogP contribution in [-0.4, -0.2) is 27.6 Å². The molecule has 1 atom stereocenters. The van der Waals surface area contributed by atoms with Crippen LogP contribution in [0.5, 0.6) is 0 Å². The topological polar surface area (TPSA) is 34.0 Å². The number of anilines is 1. The van der Waals surface area contributed by atoms with Gasteiger partial charge in [-0.25, -0.2) is 9.97 Å². The maximum atomic E-state index is 4.66. The fraction of sp³-hybridized carbons (Fsp3) is 0.529. The van der Waals surface area contributed by atoms with Crippen LogP contribution in [0.3, 0.4) is 0 Å². The van der Waals surface area contributed by atoms with Crippen LogP contribution in [0, 0.1) is 5.92 Å². The number of piperidine rings is 1. The lowest BCUT2D eigenvalue weighted by Crippen LogP contribution is -2.35. The van der Waals surface area contributed by atoms with E-state index in [4.69, 9.17) is 0 Å². The van der Waals surface area contributed by atoms with E-state index in [1.807, 2.05) is 18.5 Å². The Labute approximate surface area is 125 Å². The number of nitrogens with zero attached hydrogens (tertiary/aromatic N) is 4. The van der Waals surface area contributed by atoms with Gasteiger partial charge in [0.1, 0.15) is 11.6 Å². The van der Waals surface area contributed by atoms with E-state index in [1.165, 1.54) is 31.5 Å². The number of hydrogen-bond donors (Lipinski definition) is 0. The van der Waals surface area contributed by atoms with Crippen molar-refractivity contribution in [1.29, 1.82) is 0 Å². The van der Waals surface area contributed by atoms with Crippen LogP contribution in [0.1, 0.15) is 37.4 Å². The Bertz CT molecular complexity index is 588. The molecule has 4 heteroatoms. The van der Waals surface area contributed by atoms with Crippen LogP contribution in [-0.2, 0) is 6.54 Å². The van der Waals surface area contributed by atoms with Crippen LogP contribution >= 0.6 is 0 Å². The molecule has 4 nitrogen and oxygen atoms in total. The summed E-state index contributed by atoms with van der Waals surface area (Å²) >= 11 is 0. The van der Waals surface area contributed by atoms with Gasteiger partial charge in [-0.2, -0.15) is 0 Å². The van der Waals surface area contributed by atoms with E-state index in [9.17, 15) is 0 Å². The smallest absolute Gasteiger partial charge is 0.128 e. The van der Waals surface area contributed by atoms with Crippen molar-refractivity contribution in [3.8, 4) is 0 Å². The van der Waals surface area contributed by atoms with E-state index >= 15 is 0 Å². The Balaban J connectivity index is 1.51. The second-order valence-corrected chi connectivity index (χ2v) is 6.35. The van der Waals surface area contributed by atoms with Gasteiger partial charge in [-0.15, -0.1) is 0 Å². The predicted molar refractivity (Wildman–Crippen MR) is 83.4 cm³/mol. The van der Waals surface area contributed by atoms with Crippen molar-refractivity contribution in [2.75, 3.05) is 18.0 Å². The molecule has 1 aliphatic heterocycles. The number of pyridine rings is 1. The van der Waals surface area contributed by atoms with Crippen LogP contribution in [0.15, 0.2) is 36.8 Å².